The molecule has 5 nitrogen and oxygen atoms in total. The summed E-state index contributed by atoms with van der Waals surface area (Å²) in [7, 11) is 0. The molecule has 1 saturated carbocycles. The van der Waals surface area contributed by atoms with Gasteiger partial charge in [-0.1, -0.05) is 25.0 Å². The second-order valence-electron chi connectivity index (χ2n) is 5.78. The Labute approximate surface area is 124 Å². The van der Waals surface area contributed by atoms with Gasteiger partial charge in [0, 0.05) is 24.4 Å². The van der Waals surface area contributed by atoms with Crippen molar-refractivity contribution in [3.05, 3.63) is 43.0 Å². The Morgan fingerprint density at radius 1 is 1.33 bits per heavy atom. The van der Waals surface area contributed by atoms with Crippen molar-refractivity contribution in [3.63, 3.8) is 0 Å². The third-order valence-corrected chi connectivity index (χ3v) is 4.07. The maximum atomic E-state index is 12.3. The van der Waals surface area contributed by atoms with E-state index in [0.717, 1.165) is 37.1 Å². The lowest BCUT2D eigenvalue weighted by molar-refractivity contribution is -0.117. The van der Waals surface area contributed by atoms with Gasteiger partial charge in [-0.25, -0.2) is 4.98 Å². The maximum Gasteiger partial charge on any atom is 0.226 e. The lowest BCUT2D eigenvalue weighted by Gasteiger charge is -2.23. The summed E-state index contributed by atoms with van der Waals surface area (Å²) in [6, 6.07) is 7.69. The molecule has 3 N–H and O–H groups in total. The molecule has 0 bridgehead atoms. The van der Waals surface area contributed by atoms with Crippen molar-refractivity contribution in [2.45, 2.75) is 37.6 Å². The average molecular weight is 284 g/mol. The summed E-state index contributed by atoms with van der Waals surface area (Å²) in [6.07, 6.45) is 9.77. The molecule has 1 aromatic carbocycles. The predicted molar refractivity (Wildman–Crippen MR) is 82.2 cm³/mol. The van der Waals surface area contributed by atoms with Crippen molar-refractivity contribution in [3.8, 4) is 5.69 Å². The van der Waals surface area contributed by atoms with Crippen LogP contribution in [-0.4, -0.2) is 21.0 Å². The summed E-state index contributed by atoms with van der Waals surface area (Å²) in [5.74, 6) is -0.0213. The minimum absolute atomic E-state index is 0.0213. The van der Waals surface area contributed by atoms with Crippen LogP contribution in [-0.2, 0) is 4.79 Å². The Hall–Kier alpha value is -2.14. The summed E-state index contributed by atoms with van der Waals surface area (Å²) in [4.78, 5) is 16.3. The molecule has 5 heteroatoms. The molecule has 1 aromatic heterocycles. The molecule has 0 aliphatic heterocycles. The fraction of sp³-hybridized carbons (Fsp3) is 0.375. The first kappa shape index (κ1) is 13.8. The number of carbonyl (C=O) groups is 1. The van der Waals surface area contributed by atoms with Gasteiger partial charge in [0.05, 0.1) is 17.7 Å². The number of nitrogens with zero attached hydrogens (tertiary/aromatic N) is 2. The Morgan fingerprint density at radius 2 is 2.10 bits per heavy atom. The number of aromatic nitrogens is 2. The number of amides is 1. The van der Waals surface area contributed by atoms with Crippen LogP contribution in [0.3, 0.4) is 0 Å². The normalized spacial score (nSPS) is 16.8. The van der Waals surface area contributed by atoms with Crippen molar-refractivity contribution >= 4 is 11.6 Å². The fourth-order valence-corrected chi connectivity index (χ4v) is 2.98. The maximum absolute atomic E-state index is 12.3. The second-order valence-corrected chi connectivity index (χ2v) is 5.78. The average Bonchev–Trinajstić information content (AvgIpc) is 3.11. The highest BCUT2D eigenvalue weighted by molar-refractivity contribution is 5.93. The second kappa shape index (κ2) is 5.69. The molecule has 0 spiro atoms. The molecular weight excluding hydrogens is 264 g/mol. The quantitative estimate of drug-likeness (QED) is 0.906. The zero-order valence-corrected chi connectivity index (χ0v) is 12.0. The molecule has 0 atom stereocenters. The number of hydrogen-bond donors (Lipinski definition) is 2. The highest BCUT2D eigenvalue weighted by Crippen LogP contribution is 2.30. The number of imidazole rings is 1. The fourth-order valence-electron chi connectivity index (χ4n) is 2.98. The predicted octanol–water partition coefficient (Wildman–Crippen LogP) is 2.47. The van der Waals surface area contributed by atoms with Crippen molar-refractivity contribution in [2.24, 2.45) is 5.73 Å². The SMILES string of the molecule is NC1(CC(=O)Nc2ccccc2-n2ccnc2)CCCC1. The van der Waals surface area contributed by atoms with Gasteiger partial charge in [0.1, 0.15) is 0 Å². The first-order valence-electron chi connectivity index (χ1n) is 7.32. The van der Waals surface area contributed by atoms with Crippen LogP contribution in [0, 0.1) is 0 Å². The molecule has 3 rings (SSSR count). The van der Waals surface area contributed by atoms with E-state index in [2.05, 4.69) is 10.3 Å². The zero-order valence-electron chi connectivity index (χ0n) is 12.0. The lowest BCUT2D eigenvalue weighted by atomic mass is 9.94. The first-order valence-corrected chi connectivity index (χ1v) is 7.32. The van der Waals surface area contributed by atoms with E-state index >= 15 is 0 Å². The lowest BCUT2D eigenvalue weighted by Crippen LogP contribution is -2.40. The van der Waals surface area contributed by atoms with Crippen molar-refractivity contribution < 1.29 is 4.79 Å². The molecule has 2 aromatic rings. The van der Waals surface area contributed by atoms with Gasteiger partial charge in [0.15, 0.2) is 0 Å². The summed E-state index contributed by atoms with van der Waals surface area (Å²) >= 11 is 0. The van der Waals surface area contributed by atoms with Crippen molar-refractivity contribution in [1.82, 2.24) is 9.55 Å². The Morgan fingerprint density at radius 3 is 2.81 bits per heavy atom. The molecular formula is C16H20N4O. The van der Waals surface area contributed by atoms with Gasteiger partial charge >= 0.3 is 0 Å². The molecule has 0 saturated heterocycles. The van der Waals surface area contributed by atoms with Crippen LogP contribution in [0.5, 0.6) is 0 Å². The van der Waals surface area contributed by atoms with Gasteiger partial charge in [-0.2, -0.15) is 0 Å². The Balaban J connectivity index is 1.74. The third-order valence-electron chi connectivity index (χ3n) is 4.07. The van der Waals surface area contributed by atoms with Gasteiger partial charge in [-0.3, -0.25) is 4.79 Å². The van der Waals surface area contributed by atoms with Gasteiger partial charge < -0.3 is 15.6 Å². The highest BCUT2D eigenvalue weighted by Gasteiger charge is 2.31. The molecule has 110 valence electrons. The summed E-state index contributed by atoms with van der Waals surface area (Å²) < 4.78 is 1.88. The van der Waals surface area contributed by atoms with Crippen LogP contribution in [0.2, 0.25) is 0 Å². The van der Waals surface area contributed by atoms with Crippen LogP contribution in [0.4, 0.5) is 5.69 Å². The number of benzene rings is 1. The van der Waals surface area contributed by atoms with Crippen LogP contribution < -0.4 is 11.1 Å². The number of rotatable bonds is 4. The Bertz CT molecular complexity index is 615. The highest BCUT2D eigenvalue weighted by atomic mass is 16.1. The van der Waals surface area contributed by atoms with E-state index in [1.807, 2.05) is 35.0 Å². The summed E-state index contributed by atoms with van der Waals surface area (Å²) in [5, 5.41) is 2.98. The van der Waals surface area contributed by atoms with Crippen molar-refractivity contribution in [2.75, 3.05) is 5.32 Å². The van der Waals surface area contributed by atoms with Gasteiger partial charge in [0.25, 0.3) is 0 Å². The van der Waals surface area contributed by atoms with Gasteiger partial charge in [0.2, 0.25) is 5.91 Å². The number of anilines is 1. The van der Waals surface area contributed by atoms with Crippen molar-refractivity contribution in [1.29, 1.82) is 0 Å². The molecule has 1 aliphatic carbocycles. The van der Waals surface area contributed by atoms with Gasteiger partial charge in [-0.15, -0.1) is 0 Å². The van der Waals surface area contributed by atoms with E-state index in [4.69, 9.17) is 5.73 Å². The number of nitrogens with two attached hydrogens (primary N) is 1. The number of para-hydroxylation sites is 2. The van der Waals surface area contributed by atoms with E-state index in [9.17, 15) is 4.79 Å². The van der Waals surface area contributed by atoms with Crippen LogP contribution in [0.25, 0.3) is 5.69 Å². The molecule has 1 fully saturated rings. The van der Waals surface area contributed by atoms with Gasteiger partial charge in [-0.05, 0) is 25.0 Å². The van der Waals surface area contributed by atoms with Crippen LogP contribution in [0.1, 0.15) is 32.1 Å². The number of carbonyl (C=O) groups excluding carboxylic acids is 1. The molecule has 1 amide bonds. The largest absolute Gasteiger partial charge is 0.325 e. The van der Waals surface area contributed by atoms with Crippen LogP contribution >= 0.6 is 0 Å². The smallest absolute Gasteiger partial charge is 0.226 e. The molecule has 21 heavy (non-hydrogen) atoms. The Kier molecular flexibility index (Phi) is 3.75. The minimum atomic E-state index is -0.325. The third kappa shape index (κ3) is 3.13. The first-order chi connectivity index (χ1) is 10.2. The summed E-state index contributed by atoms with van der Waals surface area (Å²) in [6.45, 7) is 0. The monoisotopic (exact) mass is 284 g/mol. The van der Waals surface area contributed by atoms with E-state index in [0.29, 0.717) is 6.42 Å². The standard InChI is InChI=1S/C16H20N4O/c17-16(7-3-4-8-16)11-15(21)19-13-5-1-2-6-14(13)20-10-9-18-12-20/h1-2,5-6,9-10,12H,3-4,7-8,11,17H2,(H,19,21). The molecule has 1 heterocycles. The molecule has 1 aliphatic rings. The number of hydrogen-bond acceptors (Lipinski definition) is 3. The van der Waals surface area contributed by atoms with E-state index in [-0.39, 0.29) is 11.4 Å². The molecule has 0 radical (unpaired) electrons. The van der Waals surface area contributed by atoms with E-state index < -0.39 is 0 Å². The van der Waals surface area contributed by atoms with Crippen LogP contribution in [0.15, 0.2) is 43.0 Å². The topological polar surface area (TPSA) is 72.9 Å². The van der Waals surface area contributed by atoms with E-state index in [1.54, 1.807) is 12.5 Å². The molecule has 0 unspecified atom stereocenters. The minimum Gasteiger partial charge on any atom is -0.325 e. The zero-order chi connectivity index (χ0) is 14.7. The van der Waals surface area contributed by atoms with E-state index in [1.165, 1.54) is 0 Å². The summed E-state index contributed by atoms with van der Waals surface area (Å²) in [5.41, 5.74) is 7.63. The number of nitrogens with one attached hydrogen (secondary N) is 1.